The van der Waals surface area contributed by atoms with E-state index in [4.69, 9.17) is 0 Å². The Balaban J connectivity index is 2.18. The van der Waals surface area contributed by atoms with Gasteiger partial charge in [0.1, 0.15) is 0 Å². The molecule has 110 valence electrons. The molecular formula is C15H22N2O2S. The van der Waals surface area contributed by atoms with Gasteiger partial charge in [0, 0.05) is 37.1 Å². The van der Waals surface area contributed by atoms with Crippen molar-refractivity contribution in [3.8, 4) is 0 Å². The van der Waals surface area contributed by atoms with Crippen LogP contribution in [0.3, 0.4) is 0 Å². The molecule has 20 heavy (non-hydrogen) atoms. The zero-order chi connectivity index (χ0) is 15.0. The van der Waals surface area contributed by atoms with E-state index < -0.39 is 0 Å². The van der Waals surface area contributed by atoms with E-state index in [0.717, 1.165) is 5.75 Å². The predicted molar refractivity (Wildman–Crippen MR) is 83.0 cm³/mol. The van der Waals surface area contributed by atoms with Crippen LogP contribution >= 0.6 is 11.8 Å². The van der Waals surface area contributed by atoms with Crippen molar-refractivity contribution in [2.45, 2.75) is 32.1 Å². The molecule has 0 heterocycles. The predicted octanol–water partition coefficient (Wildman–Crippen LogP) is 2.04. The van der Waals surface area contributed by atoms with Crippen molar-refractivity contribution in [2.24, 2.45) is 0 Å². The Hall–Kier alpha value is -1.49. The van der Waals surface area contributed by atoms with Gasteiger partial charge in [0.25, 0.3) is 0 Å². The molecule has 0 atom stereocenters. The minimum absolute atomic E-state index is 0.0201. The molecule has 0 aliphatic carbocycles. The largest absolute Gasteiger partial charge is 0.355 e. The maximum atomic E-state index is 11.6. The first-order valence-corrected chi connectivity index (χ1v) is 7.69. The van der Waals surface area contributed by atoms with Crippen molar-refractivity contribution >= 4 is 23.6 Å². The molecule has 5 heteroatoms. The molecule has 2 amide bonds. The van der Waals surface area contributed by atoms with Gasteiger partial charge in [0.15, 0.2) is 0 Å². The summed E-state index contributed by atoms with van der Waals surface area (Å²) in [5.41, 5.74) is 2.56. The lowest BCUT2D eigenvalue weighted by molar-refractivity contribution is -0.121. The fraction of sp³-hybridized carbons (Fsp3) is 0.467. The third-order valence-electron chi connectivity index (χ3n) is 2.90. The second kappa shape index (κ2) is 8.64. The topological polar surface area (TPSA) is 58.2 Å². The average Bonchev–Trinajstić information content (AvgIpc) is 2.39. The highest BCUT2D eigenvalue weighted by atomic mass is 32.2. The standard InChI is InChI=1S/C15H22N2O2S/c1-11-4-5-14(10-12(11)2)20-9-6-15(19)17-8-7-16-13(3)18/h4-5,10H,6-9H2,1-3H3,(H,16,18)(H,17,19). The first kappa shape index (κ1) is 16.6. The second-order valence-corrected chi connectivity index (χ2v) is 5.85. The number of hydrogen-bond donors (Lipinski definition) is 2. The Morgan fingerprint density at radius 2 is 1.80 bits per heavy atom. The molecule has 0 aliphatic heterocycles. The fourth-order valence-electron chi connectivity index (χ4n) is 1.59. The monoisotopic (exact) mass is 294 g/mol. The molecule has 0 bridgehead atoms. The van der Waals surface area contributed by atoms with Crippen LogP contribution in [0.15, 0.2) is 23.1 Å². The molecule has 1 rings (SSSR count). The molecule has 1 aromatic rings. The smallest absolute Gasteiger partial charge is 0.220 e. The van der Waals surface area contributed by atoms with E-state index in [1.54, 1.807) is 11.8 Å². The molecule has 2 N–H and O–H groups in total. The molecule has 4 nitrogen and oxygen atoms in total. The average molecular weight is 294 g/mol. The summed E-state index contributed by atoms with van der Waals surface area (Å²) < 4.78 is 0. The van der Waals surface area contributed by atoms with Crippen LogP contribution in [-0.2, 0) is 9.59 Å². The summed E-state index contributed by atoms with van der Waals surface area (Å²) in [6.07, 6.45) is 0.484. The van der Waals surface area contributed by atoms with Gasteiger partial charge >= 0.3 is 0 Å². The maximum absolute atomic E-state index is 11.6. The lowest BCUT2D eigenvalue weighted by Crippen LogP contribution is -2.33. The van der Waals surface area contributed by atoms with Crippen molar-refractivity contribution in [3.63, 3.8) is 0 Å². The number of carbonyl (C=O) groups is 2. The Kier molecular flexibility index (Phi) is 7.15. The normalized spacial score (nSPS) is 10.2. The van der Waals surface area contributed by atoms with Crippen molar-refractivity contribution in [3.05, 3.63) is 29.3 Å². The van der Waals surface area contributed by atoms with Crippen LogP contribution in [0, 0.1) is 13.8 Å². The zero-order valence-electron chi connectivity index (χ0n) is 12.3. The molecule has 0 aliphatic rings. The lowest BCUT2D eigenvalue weighted by atomic mass is 10.1. The van der Waals surface area contributed by atoms with Gasteiger partial charge in [0.2, 0.25) is 11.8 Å². The van der Waals surface area contributed by atoms with E-state index in [0.29, 0.717) is 19.5 Å². The van der Waals surface area contributed by atoms with Gasteiger partial charge in [-0.25, -0.2) is 0 Å². The molecule has 0 saturated carbocycles. The molecule has 1 aromatic carbocycles. The first-order chi connectivity index (χ1) is 9.49. The van der Waals surface area contributed by atoms with Crippen LogP contribution in [0.4, 0.5) is 0 Å². The van der Waals surface area contributed by atoms with E-state index >= 15 is 0 Å². The summed E-state index contributed by atoms with van der Waals surface area (Å²) in [4.78, 5) is 23.4. The summed E-state index contributed by atoms with van der Waals surface area (Å²) in [5, 5.41) is 5.41. The van der Waals surface area contributed by atoms with Crippen LogP contribution < -0.4 is 10.6 Å². The quantitative estimate of drug-likeness (QED) is 0.597. The Labute approximate surface area is 124 Å². The lowest BCUT2D eigenvalue weighted by Gasteiger charge is -2.07. The van der Waals surface area contributed by atoms with Gasteiger partial charge in [-0.15, -0.1) is 11.8 Å². The van der Waals surface area contributed by atoms with E-state index in [9.17, 15) is 9.59 Å². The Morgan fingerprint density at radius 1 is 1.10 bits per heavy atom. The van der Waals surface area contributed by atoms with Crippen molar-refractivity contribution < 1.29 is 9.59 Å². The van der Waals surface area contributed by atoms with Crippen molar-refractivity contribution in [2.75, 3.05) is 18.8 Å². The molecule has 0 fully saturated rings. The van der Waals surface area contributed by atoms with Gasteiger partial charge in [-0.05, 0) is 37.1 Å². The highest BCUT2D eigenvalue weighted by Crippen LogP contribution is 2.21. The molecule has 0 unspecified atom stereocenters. The van der Waals surface area contributed by atoms with E-state index in [2.05, 4.69) is 42.7 Å². The number of hydrogen-bond acceptors (Lipinski definition) is 3. The van der Waals surface area contributed by atoms with Crippen molar-refractivity contribution in [1.82, 2.24) is 10.6 Å². The van der Waals surface area contributed by atoms with E-state index in [1.165, 1.54) is 22.9 Å². The van der Waals surface area contributed by atoms with Gasteiger partial charge in [0.05, 0.1) is 0 Å². The SMILES string of the molecule is CC(=O)NCCNC(=O)CCSc1ccc(C)c(C)c1. The van der Waals surface area contributed by atoms with Gasteiger partial charge in [-0.3, -0.25) is 9.59 Å². The third-order valence-corrected chi connectivity index (χ3v) is 3.89. The van der Waals surface area contributed by atoms with Gasteiger partial charge in [-0.1, -0.05) is 6.07 Å². The molecule has 0 spiro atoms. The minimum Gasteiger partial charge on any atom is -0.355 e. The summed E-state index contributed by atoms with van der Waals surface area (Å²) in [6.45, 7) is 6.60. The Bertz CT molecular complexity index is 475. The second-order valence-electron chi connectivity index (χ2n) is 4.68. The Morgan fingerprint density at radius 3 is 2.45 bits per heavy atom. The summed E-state index contributed by atoms with van der Waals surface area (Å²) in [7, 11) is 0. The highest BCUT2D eigenvalue weighted by molar-refractivity contribution is 7.99. The maximum Gasteiger partial charge on any atom is 0.220 e. The number of benzene rings is 1. The van der Waals surface area contributed by atoms with Gasteiger partial charge < -0.3 is 10.6 Å². The summed E-state index contributed by atoms with van der Waals surface area (Å²) in [5.74, 6) is 0.699. The molecular weight excluding hydrogens is 272 g/mol. The van der Waals surface area contributed by atoms with Crippen LogP contribution in [0.25, 0.3) is 0 Å². The van der Waals surface area contributed by atoms with E-state index in [-0.39, 0.29) is 11.8 Å². The fourth-order valence-corrected chi connectivity index (χ4v) is 2.54. The van der Waals surface area contributed by atoms with Crippen LogP contribution in [-0.4, -0.2) is 30.7 Å². The first-order valence-electron chi connectivity index (χ1n) is 6.70. The van der Waals surface area contributed by atoms with E-state index in [1.807, 2.05) is 0 Å². The van der Waals surface area contributed by atoms with Crippen LogP contribution in [0.2, 0.25) is 0 Å². The summed E-state index contributed by atoms with van der Waals surface area (Å²) in [6, 6.07) is 6.33. The molecule has 0 radical (unpaired) electrons. The van der Waals surface area contributed by atoms with Gasteiger partial charge in [-0.2, -0.15) is 0 Å². The number of aryl methyl sites for hydroxylation is 2. The summed E-state index contributed by atoms with van der Waals surface area (Å²) >= 11 is 1.69. The number of rotatable bonds is 7. The number of amides is 2. The van der Waals surface area contributed by atoms with Crippen LogP contribution in [0.5, 0.6) is 0 Å². The highest BCUT2D eigenvalue weighted by Gasteiger charge is 2.02. The minimum atomic E-state index is -0.0791. The third kappa shape index (κ3) is 6.61. The number of thioether (sulfide) groups is 1. The number of nitrogens with one attached hydrogen (secondary N) is 2. The molecule has 0 saturated heterocycles. The zero-order valence-corrected chi connectivity index (χ0v) is 13.1. The molecule has 0 aromatic heterocycles. The number of carbonyl (C=O) groups excluding carboxylic acids is 2. The van der Waals surface area contributed by atoms with Crippen molar-refractivity contribution in [1.29, 1.82) is 0 Å². The van der Waals surface area contributed by atoms with Crippen LogP contribution in [0.1, 0.15) is 24.5 Å².